The first-order chi connectivity index (χ1) is 9.24. The molecule has 0 saturated carbocycles. The van der Waals surface area contributed by atoms with Crippen LogP contribution in [0.25, 0.3) is 0 Å². The normalized spacial score (nSPS) is 17.6. The highest BCUT2D eigenvalue weighted by Gasteiger charge is 2.19. The van der Waals surface area contributed by atoms with Gasteiger partial charge in [0.25, 0.3) is 0 Å². The second kappa shape index (κ2) is 6.78. The monoisotopic (exact) mass is 264 g/mol. The first-order valence-corrected chi connectivity index (χ1v) is 7.02. The minimum absolute atomic E-state index is 0.272. The van der Waals surface area contributed by atoms with E-state index in [0.717, 1.165) is 44.1 Å². The van der Waals surface area contributed by atoms with Crippen LogP contribution in [0.1, 0.15) is 24.8 Å². The Kier molecular flexibility index (Phi) is 5.05. The van der Waals surface area contributed by atoms with Gasteiger partial charge < -0.3 is 15.6 Å². The third-order valence-electron chi connectivity index (χ3n) is 3.98. The van der Waals surface area contributed by atoms with Crippen molar-refractivity contribution in [3.63, 3.8) is 0 Å². The van der Waals surface area contributed by atoms with Crippen LogP contribution in [0.15, 0.2) is 18.2 Å². The van der Waals surface area contributed by atoms with E-state index in [1.807, 2.05) is 12.1 Å². The zero-order chi connectivity index (χ0) is 13.7. The lowest BCUT2D eigenvalue weighted by Crippen LogP contribution is -2.33. The van der Waals surface area contributed by atoms with Crippen molar-refractivity contribution in [3.05, 3.63) is 23.8 Å². The van der Waals surface area contributed by atoms with Crippen LogP contribution in [0.5, 0.6) is 11.5 Å². The highest BCUT2D eigenvalue weighted by molar-refractivity contribution is 5.45. The molecule has 4 nitrogen and oxygen atoms in total. The molecule has 0 bridgehead atoms. The molecule has 106 valence electrons. The molecule has 19 heavy (non-hydrogen) atoms. The van der Waals surface area contributed by atoms with Crippen molar-refractivity contribution in [2.75, 3.05) is 26.7 Å². The molecule has 0 aromatic heterocycles. The minimum atomic E-state index is 0.272. The quantitative estimate of drug-likeness (QED) is 0.853. The molecule has 0 atom stereocenters. The second-order valence-corrected chi connectivity index (χ2v) is 5.26. The van der Waals surface area contributed by atoms with E-state index in [4.69, 9.17) is 10.5 Å². The third-order valence-corrected chi connectivity index (χ3v) is 3.98. The van der Waals surface area contributed by atoms with Crippen LogP contribution < -0.4 is 10.5 Å². The van der Waals surface area contributed by atoms with Gasteiger partial charge in [-0.1, -0.05) is 12.1 Å². The van der Waals surface area contributed by atoms with Crippen LogP contribution >= 0.6 is 0 Å². The number of benzene rings is 1. The summed E-state index contributed by atoms with van der Waals surface area (Å²) in [7, 11) is 1.58. The Labute approximate surface area is 115 Å². The molecule has 1 fully saturated rings. The van der Waals surface area contributed by atoms with E-state index in [-0.39, 0.29) is 5.75 Å². The fourth-order valence-electron chi connectivity index (χ4n) is 2.77. The van der Waals surface area contributed by atoms with E-state index in [0.29, 0.717) is 5.75 Å². The lowest BCUT2D eigenvalue weighted by molar-refractivity contribution is 0.172. The molecule has 1 saturated heterocycles. The van der Waals surface area contributed by atoms with Crippen molar-refractivity contribution in [2.45, 2.75) is 25.8 Å². The van der Waals surface area contributed by atoms with Gasteiger partial charge in [0, 0.05) is 12.1 Å². The van der Waals surface area contributed by atoms with Crippen LogP contribution in [0.4, 0.5) is 0 Å². The summed E-state index contributed by atoms with van der Waals surface area (Å²) < 4.78 is 5.14. The summed E-state index contributed by atoms with van der Waals surface area (Å²) in [5.74, 6) is 1.60. The summed E-state index contributed by atoms with van der Waals surface area (Å²) in [5.41, 5.74) is 6.55. The van der Waals surface area contributed by atoms with E-state index >= 15 is 0 Å². The Morgan fingerprint density at radius 2 is 2.11 bits per heavy atom. The number of nitrogens with two attached hydrogens (primary N) is 1. The van der Waals surface area contributed by atoms with Crippen molar-refractivity contribution in [1.29, 1.82) is 0 Å². The Morgan fingerprint density at radius 3 is 2.74 bits per heavy atom. The average Bonchev–Trinajstić information content (AvgIpc) is 2.43. The topological polar surface area (TPSA) is 58.7 Å². The maximum Gasteiger partial charge on any atom is 0.162 e. The van der Waals surface area contributed by atoms with Gasteiger partial charge in [-0.15, -0.1) is 0 Å². The van der Waals surface area contributed by atoms with Crippen LogP contribution in [0.3, 0.4) is 0 Å². The van der Waals surface area contributed by atoms with Gasteiger partial charge in [0.1, 0.15) is 0 Å². The number of likely N-dealkylation sites (tertiary alicyclic amines) is 1. The van der Waals surface area contributed by atoms with Crippen LogP contribution in [-0.4, -0.2) is 36.8 Å². The number of rotatable bonds is 5. The van der Waals surface area contributed by atoms with E-state index in [1.54, 1.807) is 13.2 Å². The molecule has 1 aliphatic heterocycles. The second-order valence-electron chi connectivity index (χ2n) is 5.26. The standard InChI is InChI=1S/C15H24N2O2/c1-19-14-4-2-3-13(15(14)18)11-17-9-6-12(5-8-16)7-10-17/h2-4,12,18H,5-11,16H2,1H3. The fourth-order valence-corrected chi connectivity index (χ4v) is 2.77. The van der Waals surface area contributed by atoms with Crippen molar-refractivity contribution in [2.24, 2.45) is 11.7 Å². The molecule has 2 rings (SSSR count). The molecule has 1 aromatic rings. The molecule has 3 N–H and O–H groups in total. The molecule has 4 heteroatoms. The van der Waals surface area contributed by atoms with Crippen molar-refractivity contribution < 1.29 is 9.84 Å². The molecular weight excluding hydrogens is 240 g/mol. The van der Waals surface area contributed by atoms with Gasteiger partial charge in [-0.2, -0.15) is 0 Å². The molecule has 0 spiro atoms. The molecule has 0 unspecified atom stereocenters. The fraction of sp³-hybridized carbons (Fsp3) is 0.600. The third kappa shape index (κ3) is 3.61. The largest absolute Gasteiger partial charge is 0.504 e. The molecule has 0 radical (unpaired) electrons. The van der Waals surface area contributed by atoms with Gasteiger partial charge >= 0.3 is 0 Å². The van der Waals surface area contributed by atoms with Crippen molar-refractivity contribution >= 4 is 0 Å². The highest BCUT2D eigenvalue weighted by atomic mass is 16.5. The van der Waals surface area contributed by atoms with Crippen LogP contribution in [0, 0.1) is 5.92 Å². The van der Waals surface area contributed by atoms with Gasteiger partial charge in [-0.3, -0.25) is 4.90 Å². The van der Waals surface area contributed by atoms with E-state index in [1.165, 1.54) is 12.8 Å². The van der Waals surface area contributed by atoms with E-state index in [2.05, 4.69) is 4.90 Å². The molecule has 1 aromatic carbocycles. The maximum atomic E-state index is 10.1. The lowest BCUT2D eigenvalue weighted by Gasteiger charge is -2.32. The lowest BCUT2D eigenvalue weighted by atomic mass is 9.93. The number of hydrogen-bond acceptors (Lipinski definition) is 4. The molecule has 0 aliphatic carbocycles. The summed E-state index contributed by atoms with van der Waals surface area (Å²) in [5, 5.41) is 10.1. The number of methoxy groups -OCH3 is 1. The first-order valence-electron chi connectivity index (χ1n) is 7.02. The Balaban J connectivity index is 1.92. The number of nitrogens with zero attached hydrogens (tertiary/aromatic N) is 1. The molecule has 0 amide bonds. The summed E-state index contributed by atoms with van der Waals surface area (Å²) in [6, 6.07) is 5.67. The molecular formula is C15H24N2O2. The zero-order valence-corrected chi connectivity index (χ0v) is 11.6. The number of aromatic hydroxyl groups is 1. The first kappa shape index (κ1) is 14.2. The predicted octanol–water partition coefficient (Wildman–Crippen LogP) is 1.96. The van der Waals surface area contributed by atoms with Crippen LogP contribution in [0.2, 0.25) is 0 Å². The van der Waals surface area contributed by atoms with Crippen LogP contribution in [-0.2, 0) is 6.54 Å². The van der Waals surface area contributed by atoms with Gasteiger partial charge in [0.2, 0.25) is 0 Å². The minimum Gasteiger partial charge on any atom is -0.504 e. The number of ether oxygens (including phenoxy) is 1. The van der Waals surface area contributed by atoms with Gasteiger partial charge in [0.15, 0.2) is 11.5 Å². The number of phenols is 1. The number of phenolic OH excluding ortho intramolecular Hbond substituents is 1. The van der Waals surface area contributed by atoms with Gasteiger partial charge in [-0.25, -0.2) is 0 Å². The number of piperidine rings is 1. The summed E-state index contributed by atoms with van der Waals surface area (Å²) in [6.45, 7) is 3.75. The van der Waals surface area contributed by atoms with E-state index in [9.17, 15) is 5.11 Å². The number of hydrogen-bond donors (Lipinski definition) is 2. The molecule has 1 aliphatic rings. The maximum absolute atomic E-state index is 10.1. The Bertz CT molecular complexity index is 401. The average molecular weight is 264 g/mol. The van der Waals surface area contributed by atoms with Crippen molar-refractivity contribution in [3.8, 4) is 11.5 Å². The predicted molar refractivity (Wildman–Crippen MR) is 76.3 cm³/mol. The zero-order valence-electron chi connectivity index (χ0n) is 11.6. The summed E-state index contributed by atoms with van der Waals surface area (Å²) in [6.07, 6.45) is 3.56. The van der Waals surface area contributed by atoms with Crippen molar-refractivity contribution in [1.82, 2.24) is 4.90 Å². The van der Waals surface area contributed by atoms with Gasteiger partial charge in [-0.05, 0) is 50.9 Å². The smallest absolute Gasteiger partial charge is 0.162 e. The number of para-hydroxylation sites is 1. The summed E-state index contributed by atoms with van der Waals surface area (Å²) >= 11 is 0. The SMILES string of the molecule is COc1cccc(CN2CCC(CCN)CC2)c1O. The van der Waals surface area contributed by atoms with Gasteiger partial charge in [0.05, 0.1) is 7.11 Å². The Morgan fingerprint density at radius 1 is 1.37 bits per heavy atom. The van der Waals surface area contributed by atoms with E-state index < -0.39 is 0 Å². The highest BCUT2D eigenvalue weighted by Crippen LogP contribution is 2.31. The summed E-state index contributed by atoms with van der Waals surface area (Å²) in [4.78, 5) is 2.39. The molecule has 1 heterocycles. The Hall–Kier alpha value is -1.26.